The van der Waals surface area contributed by atoms with Crippen LogP contribution in [0.1, 0.15) is 47.2 Å². The van der Waals surface area contributed by atoms with Crippen molar-refractivity contribution in [1.82, 2.24) is 4.90 Å². The summed E-state index contributed by atoms with van der Waals surface area (Å²) in [5, 5.41) is 10.7. The predicted molar refractivity (Wildman–Crippen MR) is 140 cm³/mol. The van der Waals surface area contributed by atoms with Crippen molar-refractivity contribution in [3.8, 4) is 5.75 Å². The van der Waals surface area contributed by atoms with Crippen molar-refractivity contribution in [2.45, 2.75) is 49.6 Å². The largest absolute Gasteiger partial charge is 0.508 e. The molecule has 2 saturated heterocycles. The Kier molecular flexibility index (Phi) is 4.15. The lowest BCUT2D eigenvalue weighted by molar-refractivity contribution is -0.0327. The van der Waals surface area contributed by atoms with Crippen molar-refractivity contribution in [2.75, 3.05) is 18.0 Å². The van der Waals surface area contributed by atoms with E-state index in [2.05, 4.69) is 52.3 Å². The molecule has 3 aromatic carbocycles. The monoisotopic (exact) mass is 476 g/mol. The summed E-state index contributed by atoms with van der Waals surface area (Å²) < 4.78 is 0. The summed E-state index contributed by atoms with van der Waals surface area (Å²) in [4.78, 5) is 18.7. The highest BCUT2D eigenvalue weighted by molar-refractivity contribution is 5.94. The number of likely N-dealkylation sites (tertiary alicyclic amines) is 1. The molecule has 2 heterocycles. The number of phenolic OH excluding ortho intramolecular Hbond substituents is 1. The molecule has 0 aromatic heterocycles. The summed E-state index contributed by atoms with van der Waals surface area (Å²) >= 11 is 0. The first-order valence-electron chi connectivity index (χ1n) is 13.6. The number of aromatic hydroxyl groups is 1. The Hall–Kier alpha value is -3.27. The zero-order valence-corrected chi connectivity index (χ0v) is 20.5. The lowest BCUT2D eigenvalue weighted by Gasteiger charge is -2.67. The van der Waals surface area contributed by atoms with Crippen LogP contribution in [0.4, 0.5) is 5.69 Å². The Morgan fingerprint density at radius 3 is 2.53 bits per heavy atom. The van der Waals surface area contributed by atoms with Gasteiger partial charge in [-0.05, 0) is 91.5 Å². The summed E-state index contributed by atoms with van der Waals surface area (Å²) in [7, 11) is 0. The quantitative estimate of drug-likeness (QED) is 0.538. The molecule has 0 radical (unpaired) electrons. The molecule has 8 rings (SSSR count). The zero-order chi connectivity index (χ0) is 24.1. The molecule has 182 valence electrons. The van der Waals surface area contributed by atoms with Gasteiger partial charge in [-0.2, -0.15) is 0 Å². The van der Waals surface area contributed by atoms with Crippen molar-refractivity contribution in [1.29, 1.82) is 0 Å². The maximum absolute atomic E-state index is 13.7. The second-order valence-electron chi connectivity index (χ2n) is 11.9. The van der Waals surface area contributed by atoms with E-state index in [1.54, 1.807) is 0 Å². The number of benzene rings is 3. The van der Waals surface area contributed by atoms with E-state index in [0.717, 1.165) is 44.3 Å². The average Bonchev–Trinajstić information content (AvgIpc) is 3.36. The van der Waals surface area contributed by atoms with Gasteiger partial charge < -0.3 is 14.9 Å². The summed E-state index contributed by atoms with van der Waals surface area (Å²) in [6.45, 7) is 1.91. The van der Waals surface area contributed by atoms with Crippen molar-refractivity contribution in [2.24, 2.45) is 17.3 Å². The standard InChI is InChI=1S/C32H32N2O2/c35-25-12-11-22-17-28-31-14-13-27-29(23(19-31)20-34(27)30(36)21-7-3-1-4-8-21)32(31,26(22)18-25)15-16-33(28)24-9-5-2-6-10-24/h1-12,18,23,27-29,35H,13-17,19-20H2/t23-,27?,28?,29?,31?,32?/m1/s1. The van der Waals surface area contributed by atoms with Crippen molar-refractivity contribution in [3.05, 3.63) is 95.6 Å². The summed E-state index contributed by atoms with van der Waals surface area (Å²) in [6.07, 6.45) is 5.58. The molecule has 6 atom stereocenters. The molecule has 1 N–H and O–H groups in total. The fourth-order valence-corrected chi connectivity index (χ4v) is 9.91. The fourth-order valence-electron chi connectivity index (χ4n) is 9.91. The zero-order valence-electron chi connectivity index (χ0n) is 20.5. The van der Waals surface area contributed by atoms with Crippen LogP contribution in [0.15, 0.2) is 78.9 Å². The molecule has 5 unspecified atom stereocenters. The number of nitrogens with zero attached hydrogens (tertiary/aromatic N) is 2. The van der Waals surface area contributed by atoms with E-state index < -0.39 is 0 Å². The second kappa shape index (κ2) is 7.15. The van der Waals surface area contributed by atoms with Gasteiger partial charge in [0.1, 0.15) is 5.75 Å². The minimum atomic E-state index is 0.0363. The van der Waals surface area contributed by atoms with Crippen LogP contribution < -0.4 is 4.90 Å². The molecule has 5 aliphatic rings. The third kappa shape index (κ3) is 2.43. The van der Waals surface area contributed by atoms with Gasteiger partial charge in [0.15, 0.2) is 0 Å². The van der Waals surface area contributed by atoms with Gasteiger partial charge in [-0.1, -0.05) is 42.5 Å². The van der Waals surface area contributed by atoms with Crippen molar-refractivity contribution in [3.63, 3.8) is 0 Å². The highest BCUT2D eigenvalue weighted by Gasteiger charge is 2.76. The number of para-hydroxylation sites is 1. The first-order chi connectivity index (χ1) is 17.6. The maximum Gasteiger partial charge on any atom is 0.254 e. The molecule has 4 nitrogen and oxygen atoms in total. The number of hydrogen-bond donors (Lipinski definition) is 1. The summed E-state index contributed by atoms with van der Waals surface area (Å²) in [6, 6.07) is 27.8. The molecule has 4 heteroatoms. The average molecular weight is 477 g/mol. The lowest BCUT2D eigenvalue weighted by atomic mass is 9.43. The Morgan fingerprint density at radius 1 is 0.944 bits per heavy atom. The second-order valence-corrected chi connectivity index (χ2v) is 11.9. The highest BCUT2D eigenvalue weighted by Crippen LogP contribution is 2.75. The molecular weight excluding hydrogens is 444 g/mol. The van der Waals surface area contributed by atoms with Crippen LogP contribution in [-0.2, 0) is 11.8 Å². The topological polar surface area (TPSA) is 43.8 Å². The maximum atomic E-state index is 13.7. The highest BCUT2D eigenvalue weighted by atomic mass is 16.3. The molecule has 1 amide bonds. The van der Waals surface area contributed by atoms with Crippen LogP contribution in [0.5, 0.6) is 5.75 Å². The van der Waals surface area contributed by atoms with E-state index in [1.165, 1.54) is 23.2 Å². The Bertz CT molecular complexity index is 1360. The molecular formula is C32H32N2O2. The summed E-state index contributed by atoms with van der Waals surface area (Å²) in [5.41, 5.74) is 5.20. The van der Waals surface area contributed by atoms with Gasteiger partial charge in [0.2, 0.25) is 0 Å². The van der Waals surface area contributed by atoms with Gasteiger partial charge in [0.25, 0.3) is 5.91 Å². The molecule has 4 bridgehead atoms. The molecule has 2 aliphatic heterocycles. The molecule has 2 saturated carbocycles. The fraction of sp³-hybridized carbons (Fsp3) is 0.406. The molecule has 3 aromatic rings. The Balaban J connectivity index is 1.28. The van der Waals surface area contributed by atoms with Crippen LogP contribution in [0.25, 0.3) is 0 Å². The molecule has 36 heavy (non-hydrogen) atoms. The molecule has 0 spiro atoms. The predicted octanol–water partition coefficient (Wildman–Crippen LogP) is 5.41. The van der Waals surface area contributed by atoms with E-state index in [1.807, 2.05) is 36.4 Å². The lowest BCUT2D eigenvalue weighted by Crippen LogP contribution is -2.70. The van der Waals surface area contributed by atoms with Crippen LogP contribution in [0, 0.1) is 17.3 Å². The van der Waals surface area contributed by atoms with E-state index in [9.17, 15) is 9.90 Å². The van der Waals surface area contributed by atoms with Crippen LogP contribution in [-0.4, -0.2) is 41.1 Å². The number of carbonyl (C=O) groups excluding carboxylic acids is 1. The number of carbonyl (C=O) groups is 1. The molecule has 3 aliphatic carbocycles. The number of anilines is 1. The number of hydrogen-bond acceptors (Lipinski definition) is 3. The summed E-state index contributed by atoms with van der Waals surface area (Å²) in [5.74, 6) is 1.58. The van der Waals surface area contributed by atoms with Gasteiger partial charge in [0, 0.05) is 47.3 Å². The smallest absolute Gasteiger partial charge is 0.254 e. The minimum absolute atomic E-state index is 0.0363. The number of amides is 1. The minimum Gasteiger partial charge on any atom is -0.508 e. The van der Waals surface area contributed by atoms with E-state index in [4.69, 9.17) is 0 Å². The van der Waals surface area contributed by atoms with Gasteiger partial charge in [-0.3, -0.25) is 4.79 Å². The number of rotatable bonds is 2. The van der Waals surface area contributed by atoms with Gasteiger partial charge in [-0.15, -0.1) is 0 Å². The van der Waals surface area contributed by atoms with Gasteiger partial charge in [-0.25, -0.2) is 0 Å². The SMILES string of the molecule is O=C(c1ccccc1)N1C[C@H]2CC34CCC1C2C31CCN(c2ccccc2)C4Cc2ccc(O)cc21. The van der Waals surface area contributed by atoms with Crippen LogP contribution in [0.2, 0.25) is 0 Å². The molecule has 4 fully saturated rings. The van der Waals surface area contributed by atoms with Crippen molar-refractivity contribution < 1.29 is 9.90 Å². The van der Waals surface area contributed by atoms with Gasteiger partial charge >= 0.3 is 0 Å². The first-order valence-corrected chi connectivity index (χ1v) is 13.6. The normalized spacial score (nSPS) is 35.3. The van der Waals surface area contributed by atoms with Crippen molar-refractivity contribution >= 4 is 11.6 Å². The number of phenols is 1. The Labute approximate surface area is 212 Å². The van der Waals surface area contributed by atoms with E-state index in [-0.39, 0.29) is 22.8 Å². The Morgan fingerprint density at radius 2 is 1.72 bits per heavy atom. The van der Waals surface area contributed by atoms with Crippen LogP contribution >= 0.6 is 0 Å². The number of fused-ring (bicyclic) bond motifs is 1. The van der Waals surface area contributed by atoms with E-state index in [0.29, 0.717) is 23.6 Å². The van der Waals surface area contributed by atoms with E-state index >= 15 is 0 Å². The third-order valence-electron chi connectivity index (χ3n) is 10.8. The third-order valence-corrected chi connectivity index (χ3v) is 10.8. The first kappa shape index (κ1) is 20.9. The van der Waals surface area contributed by atoms with Gasteiger partial charge in [0.05, 0.1) is 0 Å². The number of piperidine rings is 1. The van der Waals surface area contributed by atoms with Crippen LogP contribution in [0.3, 0.4) is 0 Å².